The molecule has 1 aliphatic heterocycles. The minimum Gasteiger partial charge on any atom is -0.497 e. The third kappa shape index (κ3) is 3.09. The van der Waals surface area contributed by atoms with Crippen LogP contribution in [0.5, 0.6) is 5.75 Å². The summed E-state index contributed by atoms with van der Waals surface area (Å²) < 4.78 is 7.56. The van der Waals surface area contributed by atoms with Crippen LogP contribution in [0.25, 0.3) is 0 Å². The van der Waals surface area contributed by atoms with Crippen LogP contribution >= 0.6 is 11.8 Å². The lowest BCUT2D eigenvalue weighted by molar-refractivity contribution is 0.414. The molecule has 0 amide bonds. The molecular weight excluding hydrogens is 282 g/mol. The molecule has 0 saturated heterocycles. The topological polar surface area (TPSA) is 39.1 Å². The highest BCUT2D eigenvalue weighted by Gasteiger charge is 2.25. The van der Waals surface area contributed by atoms with Gasteiger partial charge in [-0.15, -0.1) is 11.8 Å². The molecule has 0 aliphatic carbocycles. The second-order valence-electron chi connectivity index (χ2n) is 5.22. The summed E-state index contributed by atoms with van der Waals surface area (Å²) >= 11 is 2.00. The zero-order valence-electron chi connectivity index (χ0n) is 12.5. The third-order valence-electron chi connectivity index (χ3n) is 3.86. The molecule has 1 aliphatic rings. The SMILES string of the molecule is CNCc1ncc2n1CCC2SCc1ccc(OC)cc1. The van der Waals surface area contributed by atoms with Gasteiger partial charge < -0.3 is 14.6 Å². The number of thioether (sulfide) groups is 1. The number of methoxy groups -OCH3 is 1. The van der Waals surface area contributed by atoms with E-state index in [1.807, 2.05) is 37.1 Å². The number of imidazole rings is 1. The summed E-state index contributed by atoms with van der Waals surface area (Å²) in [6, 6.07) is 8.34. The van der Waals surface area contributed by atoms with Crippen molar-refractivity contribution in [2.45, 2.75) is 30.5 Å². The van der Waals surface area contributed by atoms with Gasteiger partial charge in [0.15, 0.2) is 0 Å². The molecule has 1 unspecified atom stereocenters. The minimum absolute atomic E-state index is 0.560. The minimum atomic E-state index is 0.560. The van der Waals surface area contributed by atoms with Gasteiger partial charge in [0.25, 0.3) is 0 Å². The second kappa shape index (κ2) is 6.54. The van der Waals surface area contributed by atoms with E-state index in [0.717, 1.165) is 30.4 Å². The molecule has 2 aromatic rings. The number of rotatable bonds is 6. The predicted molar refractivity (Wildman–Crippen MR) is 86.6 cm³/mol. The Kier molecular flexibility index (Phi) is 4.51. The Balaban J connectivity index is 1.62. The number of ether oxygens (including phenoxy) is 1. The van der Waals surface area contributed by atoms with Gasteiger partial charge in [-0.05, 0) is 31.2 Å². The summed E-state index contributed by atoms with van der Waals surface area (Å²) in [7, 11) is 3.67. The summed E-state index contributed by atoms with van der Waals surface area (Å²) in [5, 5.41) is 3.74. The Bertz CT molecular complexity index is 594. The number of nitrogens with zero attached hydrogens (tertiary/aromatic N) is 2. The molecule has 3 rings (SSSR count). The van der Waals surface area contributed by atoms with Gasteiger partial charge in [-0.1, -0.05) is 12.1 Å². The average Bonchev–Trinajstić information content (AvgIpc) is 3.09. The Morgan fingerprint density at radius 1 is 1.38 bits per heavy atom. The molecule has 0 saturated carbocycles. The number of benzene rings is 1. The van der Waals surface area contributed by atoms with Gasteiger partial charge in [-0.3, -0.25) is 0 Å². The highest BCUT2D eigenvalue weighted by Crippen LogP contribution is 2.39. The number of hydrogen-bond donors (Lipinski definition) is 1. The van der Waals surface area contributed by atoms with Crippen LogP contribution in [0.3, 0.4) is 0 Å². The molecule has 0 spiro atoms. The van der Waals surface area contributed by atoms with Crippen molar-refractivity contribution in [3.8, 4) is 5.75 Å². The second-order valence-corrected chi connectivity index (χ2v) is 6.41. The lowest BCUT2D eigenvalue weighted by atomic mass is 10.2. The van der Waals surface area contributed by atoms with Crippen molar-refractivity contribution in [1.82, 2.24) is 14.9 Å². The van der Waals surface area contributed by atoms with E-state index >= 15 is 0 Å². The molecule has 0 bridgehead atoms. The smallest absolute Gasteiger partial charge is 0.122 e. The van der Waals surface area contributed by atoms with Crippen molar-refractivity contribution < 1.29 is 4.74 Å². The first-order valence-corrected chi connectivity index (χ1v) is 8.30. The maximum atomic E-state index is 5.19. The van der Waals surface area contributed by atoms with E-state index in [2.05, 4.69) is 27.0 Å². The van der Waals surface area contributed by atoms with Crippen LogP contribution in [0.1, 0.15) is 28.8 Å². The van der Waals surface area contributed by atoms with Crippen LogP contribution in [0.15, 0.2) is 30.5 Å². The molecule has 2 heterocycles. The first-order chi connectivity index (χ1) is 10.3. The van der Waals surface area contributed by atoms with Crippen LogP contribution in [0, 0.1) is 0 Å². The summed E-state index contributed by atoms with van der Waals surface area (Å²) in [5.74, 6) is 3.10. The van der Waals surface area contributed by atoms with E-state index in [4.69, 9.17) is 4.74 Å². The molecule has 0 fully saturated rings. The normalized spacial score (nSPS) is 17.0. The van der Waals surface area contributed by atoms with Gasteiger partial charge in [0.05, 0.1) is 19.3 Å². The number of hydrogen-bond acceptors (Lipinski definition) is 4. The van der Waals surface area contributed by atoms with E-state index in [1.165, 1.54) is 17.7 Å². The van der Waals surface area contributed by atoms with Crippen LogP contribution < -0.4 is 10.1 Å². The number of nitrogens with one attached hydrogen (secondary N) is 1. The third-order valence-corrected chi connectivity index (χ3v) is 5.24. The van der Waals surface area contributed by atoms with Crippen LogP contribution in [0.2, 0.25) is 0 Å². The van der Waals surface area contributed by atoms with Crippen LogP contribution in [0.4, 0.5) is 0 Å². The Hall–Kier alpha value is -1.46. The van der Waals surface area contributed by atoms with Gasteiger partial charge >= 0.3 is 0 Å². The van der Waals surface area contributed by atoms with E-state index < -0.39 is 0 Å². The molecule has 0 radical (unpaired) electrons. The zero-order chi connectivity index (χ0) is 14.7. The van der Waals surface area contributed by atoms with Crippen molar-refractivity contribution in [2.24, 2.45) is 0 Å². The molecule has 1 N–H and O–H groups in total. The van der Waals surface area contributed by atoms with Crippen molar-refractivity contribution in [3.63, 3.8) is 0 Å². The van der Waals surface area contributed by atoms with Crippen molar-refractivity contribution in [1.29, 1.82) is 0 Å². The molecule has 4 nitrogen and oxygen atoms in total. The van der Waals surface area contributed by atoms with E-state index in [0.29, 0.717) is 5.25 Å². The summed E-state index contributed by atoms with van der Waals surface area (Å²) in [6.07, 6.45) is 3.25. The van der Waals surface area contributed by atoms with Gasteiger partial charge in [0, 0.05) is 23.7 Å². The van der Waals surface area contributed by atoms with E-state index in [1.54, 1.807) is 7.11 Å². The fraction of sp³-hybridized carbons (Fsp3) is 0.438. The summed E-state index contributed by atoms with van der Waals surface area (Å²) in [4.78, 5) is 4.53. The van der Waals surface area contributed by atoms with E-state index in [9.17, 15) is 0 Å². The highest BCUT2D eigenvalue weighted by atomic mass is 32.2. The average molecular weight is 303 g/mol. The van der Waals surface area contributed by atoms with Crippen LogP contribution in [-0.4, -0.2) is 23.7 Å². The Morgan fingerprint density at radius 3 is 2.90 bits per heavy atom. The maximum absolute atomic E-state index is 5.19. The molecule has 1 aromatic heterocycles. The lowest BCUT2D eigenvalue weighted by Crippen LogP contribution is -2.11. The zero-order valence-corrected chi connectivity index (χ0v) is 13.3. The Labute approximate surface area is 129 Å². The monoisotopic (exact) mass is 303 g/mol. The maximum Gasteiger partial charge on any atom is 0.122 e. The van der Waals surface area contributed by atoms with Crippen LogP contribution in [-0.2, 0) is 18.8 Å². The number of fused-ring (bicyclic) bond motifs is 1. The molecule has 1 atom stereocenters. The first-order valence-electron chi connectivity index (χ1n) is 7.25. The largest absolute Gasteiger partial charge is 0.497 e. The fourth-order valence-corrected chi connectivity index (χ4v) is 3.94. The van der Waals surface area contributed by atoms with Gasteiger partial charge in [-0.25, -0.2) is 4.98 Å². The standard InChI is InChI=1S/C16H21N3OS/c1-17-10-16-18-9-14-15(7-8-19(14)16)21-11-12-3-5-13(20-2)6-4-12/h3-6,9,15,17H,7-8,10-11H2,1-2H3. The summed E-state index contributed by atoms with van der Waals surface area (Å²) in [5.41, 5.74) is 2.72. The Morgan fingerprint density at radius 2 is 2.19 bits per heavy atom. The first kappa shape index (κ1) is 14.5. The molecule has 1 aromatic carbocycles. The quantitative estimate of drug-likeness (QED) is 0.890. The predicted octanol–water partition coefficient (Wildman–Crippen LogP) is 2.99. The van der Waals surface area contributed by atoms with Crippen molar-refractivity contribution in [3.05, 3.63) is 47.5 Å². The molecular formula is C16H21N3OS. The lowest BCUT2D eigenvalue weighted by Gasteiger charge is -2.09. The van der Waals surface area contributed by atoms with Gasteiger partial charge in [-0.2, -0.15) is 0 Å². The number of aromatic nitrogens is 2. The van der Waals surface area contributed by atoms with Gasteiger partial charge in [0.1, 0.15) is 11.6 Å². The van der Waals surface area contributed by atoms with Crippen molar-refractivity contribution in [2.75, 3.05) is 14.2 Å². The molecule has 112 valence electrons. The van der Waals surface area contributed by atoms with Gasteiger partial charge in [0.2, 0.25) is 0 Å². The molecule has 21 heavy (non-hydrogen) atoms. The highest BCUT2D eigenvalue weighted by molar-refractivity contribution is 7.98. The van der Waals surface area contributed by atoms with Crippen molar-refractivity contribution >= 4 is 11.8 Å². The molecule has 5 heteroatoms. The fourth-order valence-electron chi connectivity index (χ4n) is 2.72. The van der Waals surface area contributed by atoms with E-state index in [-0.39, 0.29) is 0 Å². The summed E-state index contributed by atoms with van der Waals surface area (Å²) in [6.45, 7) is 1.93.